The van der Waals surface area contributed by atoms with Crippen LogP contribution in [0.3, 0.4) is 0 Å². The van der Waals surface area contributed by atoms with E-state index in [4.69, 9.17) is 10.5 Å². The molecule has 0 saturated carbocycles. The fraction of sp³-hybridized carbons (Fsp3) is 0.909. The summed E-state index contributed by atoms with van der Waals surface area (Å²) in [6, 6.07) is -0.0704. The van der Waals surface area contributed by atoms with E-state index in [1.807, 2.05) is 18.7 Å². The average molecular weight is 214 g/mol. The van der Waals surface area contributed by atoms with Crippen molar-refractivity contribution in [2.45, 2.75) is 26.3 Å². The lowest BCUT2D eigenvalue weighted by Gasteiger charge is -2.23. The summed E-state index contributed by atoms with van der Waals surface area (Å²) in [4.78, 5) is 13.9. The van der Waals surface area contributed by atoms with E-state index in [-0.39, 0.29) is 17.9 Å². The zero-order valence-electron chi connectivity index (χ0n) is 9.90. The molecule has 0 aromatic carbocycles. The molecule has 1 saturated heterocycles. The lowest BCUT2D eigenvalue weighted by molar-refractivity contribution is -0.134. The lowest BCUT2D eigenvalue weighted by Crippen LogP contribution is -2.40. The quantitative estimate of drug-likeness (QED) is 0.740. The molecule has 1 aliphatic rings. The van der Waals surface area contributed by atoms with Crippen LogP contribution in [0.15, 0.2) is 0 Å². The molecule has 0 aliphatic carbocycles. The van der Waals surface area contributed by atoms with Gasteiger partial charge in [-0.15, -0.1) is 0 Å². The van der Waals surface area contributed by atoms with E-state index in [1.54, 1.807) is 7.11 Å². The monoisotopic (exact) mass is 214 g/mol. The van der Waals surface area contributed by atoms with Crippen LogP contribution in [-0.4, -0.2) is 43.7 Å². The SMILES string of the molecule is COCC1CCN(C(=O)C(C)C(C)N)C1. The van der Waals surface area contributed by atoms with E-state index in [9.17, 15) is 4.79 Å². The second-order valence-corrected chi connectivity index (χ2v) is 4.54. The number of rotatable bonds is 4. The van der Waals surface area contributed by atoms with Gasteiger partial charge in [0.1, 0.15) is 0 Å². The highest BCUT2D eigenvalue weighted by Crippen LogP contribution is 2.19. The summed E-state index contributed by atoms with van der Waals surface area (Å²) >= 11 is 0. The number of ether oxygens (including phenoxy) is 1. The fourth-order valence-electron chi connectivity index (χ4n) is 1.92. The number of methoxy groups -OCH3 is 1. The Bertz CT molecular complexity index is 219. The molecule has 3 atom stereocenters. The van der Waals surface area contributed by atoms with Gasteiger partial charge in [-0.2, -0.15) is 0 Å². The number of nitrogens with two attached hydrogens (primary N) is 1. The topological polar surface area (TPSA) is 55.6 Å². The van der Waals surface area contributed by atoms with Crippen molar-refractivity contribution in [3.05, 3.63) is 0 Å². The molecule has 0 radical (unpaired) electrons. The van der Waals surface area contributed by atoms with Gasteiger partial charge < -0.3 is 15.4 Å². The van der Waals surface area contributed by atoms with Crippen LogP contribution in [0.25, 0.3) is 0 Å². The molecule has 0 aromatic rings. The Hall–Kier alpha value is -0.610. The Morgan fingerprint density at radius 1 is 1.60 bits per heavy atom. The molecule has 1 aliphatic heterocycles. The van der Waals surface area contributed by atoms with Gasteiger partial charge in [0.15, 0.2) is 0 Å². The summed E-state index contributed by atoms with van der Waals surface area (Å²) in [5, 5.41) is 0. The Kier molecular flexibility index (Phi) is 4.54. The number of hydrogen-bond acceptors (Lipinski definition) is 3. The highest BCUT2D eigenvalue weighted by molar-refractivity contribution is 5.79. The third-order valence-electron chi connectivity index (χ3n) is 3.18. The van der Waals surface area contributed by atoms with Gasteiger partial charge in [-0.05, 0) is 13.3 Å². The van der Waals surface area contributed by atoms with E-state index in [0.717, 1.165) is 26.1 Å². The third-order valence-corrected chi connectivity index (χ3v) is 3.18. The zero-order chi connectivity index (χ0) is 11.4. The summed E-state index contributed by atoms with van der Waals surface area (Å²) in [5.74, 6) is 0.606. The molecule has 1 fully saturated rings. The van der Waals surface area contributed by atoms with Gasteiger partial charge in [-0.3, -0.25) is 4.79 Å². The molecule has 1 amide bonds. The first-order valence-corrected chi connectivity index (χ1v) is 5.59. The smallest absolute Gasteiger partial charge is 0.226 e. The third kappa shape index (κ3) is 3.18. The van der Waals surface area contributed by atoms with Crippen molar-refractivity contribution in [1.29, 1.82) is 0 Å². The largest absolute Gasteiger partial charge is 0.384 e. The van der Waals surface area contributed by atoms with E-state index < -0.39 is 0 Å². The summed E-state index contributed by atoms with van der Waals surface area (Å²) in [5.41, 5.74) is 5.73. The molecule has 4 heteroatoms. The summed E-state index contributed by atoms with van der Waals surface area (Å²) in [6.45, 7) is 6.20. The normalized spacial score (nSPS) is 25.3. The standard InChI is InChI=1S/C11H22N2O2/c1-8(9(2)12)11(14)13-5-4-10(6-13)7-15-3/h8-10H,4-7,12H2,1-3H3. The first-order chi connectivity index (χ1) is 7.06. The molecule has 0 aromatic heterocycles. The molecular formula is C11H22N2O2. The summed E-state index contributed by atoms with van der Waals surface area (Å²) in [7, 11) is 1.70. The zero-order valence-corrected chi connectivity index (χ0v) is 9.90. The lowest BCUT2D eigenvalue weighted by atomic mass is 10.0. The second-order valence-electron chi connectivity index (χ2n) is 4.54. The van der Waals surface area contributed by atoms with Crippen LogP contribution in [0.4, 0.5) is 0 Å². The van der Waals surface area contributed by atoms with E-state index in [0.29, 0.717) is 5.92 Å². The minimum absolute atomic E-state index is 0.0704. The van der Waals surface area contributed by atoms with E-state index >= 15 is 0 Å². The van der Waals surface area contributed by atoms with Crippen molar-refractivity contribution in [2.75, 3.05) is 26.8 Å². The summed E-state index contributed by atoms with van der Waals surface area (Å²) in [6.07, 6.45) is 1.05. The molecule has 15 heavy (non-hydrogen) atoms. The second kappa shape index (κ2) is 5.47. The molecule has 1 rings (SSSR count). The van der Waals surface area contributed by atoms with Gasteiger partial charge in [0.05, 0.1) is 12.5 Å². The predicted octanol–water partition coefficient (Wildman–Crippen LogP) is 0.465. The Morgan fingerprint density at radius 3 is 2.80 bits per heavy atom. The minimum atomic E-state index is -0.0775. The number of amides is 1. The van der Waals surface area contributed by atoms with Crippen LogP contribution in [0, 0.1) is 11.8 Å². The number of nitrogens with zero attached hydrogens (tertiary/aromatic N) is 1. The highest BCUT2D eigenvalue weighted by atomic mass is 16.5. The Morgan fingerprint density at radius 2 is 2.27 bits per heavy atom. The highest BCUT2D eigenvalue weighted by Gasteiger charge is 2.29. The van der Waals surface area contributed by atoms with Gasteiger partial charge in [0, 0.05) is 32.2 Å². The van der Waals surface area contributed by atoms with E-state index in [2.05, 4.69) is 0 Å². The number of carbonyl (C=O) groups excluding carboxylic acids is 1. The first-order valence-electron chi connectivity index (χ1n) is 5.59. The van der Waals surface area contributed by atoms with Crippen molar-refractivity contribution in [3.63, 3.8) is 0 Å². The minimum Gasteiger partial charge on any atom is -0.384 e. The maximum Gasteiger partial charge on any atom is 0.226 e. The van der Waals surface area contributed by atoms with Crippen molar-refractivity contribution < 1.29 is 9.53 Å². The number of likely N-dealkylation sites (tertiary alicyclic amines) is 1. The van der Waals surface area contributed by atoms with Crippen LogP contribution >= 0.6 is 0 Å². The van der Waals surface area contributed by atoms with Crippen LogP contribution in [-0.2, 0) is 9.53 Å². The molecule has 88 valence electrons. The molecule has 3 unspecified atom stereocenters. The van der Waals surface area contributed by atoms with Crippen molar-refractivity contribution in [1.82, 2.24) is 4.90 Å². The van der Waals surface area contributed by atoms with Crippen LogP contribution < -0.4 is 5.73 Å². The maximum atomic E-state index is 11.9. The van der Waals surface area contributed by atoms with Crippen LogP contribution in [0.5, 0.6) is 0 Å². The Labute approximate surface area is 91.8 Å². The predicted molar refractivity (Wildman–Crippen MR) is 59.4 cm³/mol. The molecule has 1 heterocycles. The van der Waals surface area contributed by atoms with Gasteiger partial charge in [0.2, 0.25) is 5.91 Å². The van der Waals surface area contributed by atoms with Gasteiger partial charge >= 0.3 is 0 Å². The van der Waals surface area contributed by atoms with Crippen molar-refractivity contribution in [3.8, 4) is 0 Å². The van der Waals surface area contributed by atoms with Crippen molar-refractivity contribution >= 4 is 5.91 Å². The van der Waals surface area contributed by atoms with Gasteiger partial charge in [-0.1, -0.05) is 6.92 Å². The van der Waals surface area contributed by atoms with Crippen molar-refractivity contribution in [2.24, 2.45) is 17.6 Å². The fourth-order valence-corrected chi connectivity index (χ4v) is 1.92. The molecular weight excluding hydrogens is 192 g/mol. The van der Waals surface area contributed by atoms with Gasteiger partial charge in [-0.25, -0.2) is 0 Å². The average Bonchev–Trinajstić information content (AvgIpc) is 2.64. The Balaban J connectivity index is 2.43. The number of carbonyl (C=O) groups is 1. The molecule has 0 spiro atoms. The molecule has 2 N–H and O–H groups in total. The van der Waals surface area contributed by atoms with E-state index in [1.165, 1.54) is 0 Å². The summed E-state index contributed by atoms with van der Waals surface area (Å²) < 4.78 is 5.10. The number of hydrogen-bond donors (Lipinski definition) is 1. The van der Waals surface area contributed by atoms with Crippen LogP contribution in [0.1, 0.15) is 20.3 Å². The van der Waals surface area contributed by atoms with Crippen LogP contribution in [0.2, 0.25) is 0 Å². The van der Waals surface area contributed by atoms with Gasteiger partial charge in [0.25, 0.3) is 0 Å². The molecule has 0 bridgehead atoms. The molecule has 4 nitrogen and oxygen atoms in total. The maximum absolute atomic E-state index is 11.9. The first kappa shape index (κ1) is 12.5.